The van der Waals surface area contributed by atoms with Gasteiger partial charge in [0.1, 0.15) is 24.3 Å². The summed E-state index contributed by atoms with van der Waals surface area (Å²) >= 11 is 0. The highest BCUT2D eigenvalue weighted by molar-refractivity contribution is 5.90. The fourth-order valence-electron chi connectivity index (χ4n) is 1.72. The number of ether oxygens (including phenoxy) is 1. The van der Waals surface area contributed by atoms with E-state index in [1.165, 1.54) is 18.0 Å². The van der Waals surface area contributed by atoms with Gasteiger partial charge in [0.2, 0.25) is 0 Å². The Morgan fingerprint density at radius 3 is 2.65 bits per heavy atom. The third-order valence-corrected chi connectivity index (χ3v) is 2.70. The second-order valence-corrected chi connectivity index (χ2v) is 3.83. The SMILES string of the molecule is COC(=O)c1ccc(-n2cnc(C#N)c2C#N)nc1C. The Morgan fingerprint density at radius 2 is 2.10 bits per heavy atom. The number of pyridine rings is 1. The normalized spacial score (nSPS) is 9.60. The summed E-state index contributed by atoms with van der Waals surface area (Å²) in [6, 6.07) is 6.85. The van der Waals surface area contributed by atoms with Crippen molar-refractivity contribution in [3.05, 3.63) is 41.1 Å². The molecule has 2 aromatic rings. The standard InChI is InChI=1S/C13H9N5O2/c1-8-9(13(19)20-2)3-4-12(17-8)18-7-16-10(5-14)11(18)6-15/h3-4,7H,1-2H3. The number of hydrogen-bond acceptors (Lipinski definition) is 6. The van der Waals surface area contributed by atoms with Crippen molar-refractivity contribution >= 4 is 5.97 Å². The molecule has 7 nitrogen and oxygen atoms in total. The van der Waals surface area contributed by atoms with Crippen LogP contribution in [0.1, 0.15) is 27.4 Å². The van der Waals surface area contributed by atoms with Crippen molar-refractivity contribution in [1.29, 1.82) is 10.5 Å². The van der Waals surface area contributed by atoms with Crippen molar-refractivity contribution in [1.82, 2.24) is 14.5 Å². The zero-order valence-corrected chi connectivity index (χ0v) is 10.8. The van der Waals surface area contributed by atoms with E-state index in [1.807, 2.05) is 12.1 Å². The van der Waals surface area contributed by atoms with Crippen molar-refractivity contribution in [2.45, 2.75) is 6.92 Å². The van der Waals surface area contributed by atoms with Gasteiger partial charge in [0.05, 0.1) is 18.4 Å². The summed E-state index contributed by atoms with van der Waals surface area (Å²) in [7, 11) is 1.29. The number of carbonyl (C=O) groups excluding carboxylic acids is 1. The van der Waals surface area contributed by atoms with Gasteiger partial charge in [0.25, 0.3) is 0 Å². The molecule has 2 aromatic heterocycles. The van der Waals surface area contributed by atoms with E-state index in [2.05, 4.69) is 14.7 Å². The molecular formula is C13H9N5O2. The molecule has 2 heterocycles. The van der Waals surface area contributed by atoms with Crippen LogP contribution >= 0.6 is 0 Å². The van der Waals surface area contributed by atoms with Crippen LogP contribution in [0.25, 0.3) is 5.82 Å². The highest BCUT2D eigenvalue weighted by atomic mass is 16.5. The van der Waals surface area contributed by atoms with E-state index in [0.29, 0.717) is 17.1 Å². The van der Waals surface area contributed by atoms with E-state index in [-0.39, 0.29) is 11.4 Å². The first-order chi connectivity index (χ1) is 9.62. The Hall–Kier alpha value is -3.19. The molecule has 0 saturated heterocycles. The van der Waals surface area contributed by atoms with E-state index in [9.17, 15) is 4.79 Å². The first-order valence-electron chi connectivity index (χ1n) is 5.56. The lowest BCUT2D eigenvalue weighted by molar-refractivity contribution is 0.0599. The topological polar surface area (TPSA) is 105 Å². The minimum Gasteiger partial charge on any atom is -0.465 e. The molecule has 0 atom stereocenters. The number of hydrogen-bond donors (Lipinski definition) is 0. The minimum atomic E-state index is -0.481. The Balaban J connectivity index is 2.54. The van der Waals surface area contributed by atoms with Crippen LogP contribution in [0.5, 0.6) is 0 Å². The minimum absolute atomic E-state index is 0.0315. The van der Waals surface area contributed by atoms with Crippen LogP contribution < -0.4 is 0 Å². The number of rotatable bonds is 2. The summed E-state index contributed by atoms with van der Waals surface area (Å²) in [5, 5.41) is 17.9. The molecule has 0 aliphatic carbocycles. The van der Waals surface area contributed by atoms with E-state index in [1.54, 1.807) is 19.1 Å². The van der Waals surface area contributed by atoms with E-state index in [4.69, 9.17) is 10.5 Å². The Bertz CT molecular complexity index is 764. The number of nitriles is 2. The number of aromatic nitrogens is 3. The second kappa shape index (κ2) is 5.21. The third kappa shape index (κ3) is 2.08. The van der Waals surface area contributed by atoms with Gasteiger partial charge in [-0.3, -0.25) is 4.57 Å². The average molecular weight is 267 g/mol. The molecule has 0 fully saturated rings. The third-order valence-electron chi connectivity index (χ3n) is 2.70. The molecule has 0 spiro atoms. The maximum absolute atomic E-state index is 11.5. The van der Waals surface area contributed by atoms with Crippen molar-refractivity contribution in [2.24, 2.45) is 0 Å². The molecule has 7 heteroatoms. The van der Waals surface area contributed by atoms with Gasteiger partial charge < -0.3 is 4.74 Å². The molecule has 20 heavy (non-hydrogen) atoms. The van der Waals surface area contributed by atoms with Gasteiger partial charge in [-0.2, -0.15) is 10.5 Å². The first-order valence-corrected chi connectivity index (χ1v) is 5.56. The summed E-state index contributed by atoms with van der Waals surface area (Å²) in [5.74, 6) is -0.0777. The number of methoxy groups -OCH3 is 1. The predicted molar refractivity (Wildman–Crippen MR) is 66.9 cm³/mol. The number of nitrogens with zero attached hydrogens (tertiary/aromatic N) is 5. The predicted octanol–water partition coefficient (Wildman–Crippen LogP) is 1.11. The molecule has 0 unspecified atom stereocenters. The summed E-state index contributed by atoms with van der Waals surface area (Å²) < 4.78 is 6.03. The van der Waals surface area contributed by atoms with Crippen molar-refractivity contribution in [3.8, 4) is 18.0 Å². The molecular weight excluding hydrogens is 258 g/mol. The van der Waals surface area contributed by atoms with Gasteiger partial charge in [-0.05, 0) is 19.1 Å². The molecule has 0 N–H and O–H groups in total. The zero-order chi connectivity index (χ0) is 14.7. The van der Waals surface area contributed by atoms with Gasteiger partial charge in [-0.15, -0.1) is 0 Å². The van der Waals surface area contributed by atoms with Gasteiger partial charge in [0.15, 0.2) is 11.4 Å². The van der Waals surface area contributed by atoms with Crippen molar-refractivity contribution < 1.29 is 9.53 Å². The Labute approximate surface area is 114 Å². The number of aryl methyl sites for hydroxylation is 1. The Kier molecular flexibility index (Phi) is 3.45. The highest BCUT2D eigenvalue weighted by Gasteiger charge is 2.15. The van der Waals surface area contributed by atoms with Crippen LogP contribution in [0.3, 0.4) is 0 Å². The van der Waals surface area contributed by atoms with Crippen molar-refractivity contribution in [3.63, 3.8) is 0 Å². The van der Waals surface area contributed by atoms with Gasteiger partial charge >= 0.3 is 5.97 Å². The van der Waals surface area contributed by atoms with Gasteiger partial charge in [0, 0.05) is 0 Å². The zero-order valence-electron chi connectivity index (χ0n) is 10.8. The number of carbonyl (C=O) groups is 1. The lowest BCUT2D eigenvalue weighted by Crippen LogP contribution is -2.08. The largest absolute Gasteiger partial charge is 0.465 e. The van der Waals surface area contributed by atoms with Crippen molar-refractivity contribution in [2.75, 3.05) is 7.11 Å². The van der Waals surface area contributed by atoms with Crippen LogP contribution in [0.2, 0.25) is 0 Å². The Morgan fingerprint density at radius 1 is 1.35 bits per heavy atom. The average Bonchev–Trinajstić information content (AvgIpc) is 2.89. The van der Waals surface area contributed by atoms with Crippen LogP contribution in [0, 0.1) is 29.6 Å². The monoisotopic (exact) mass is 267 g/mol. The molecule has 0 amide bonds. The molecule has 98 valence electrons. The smallest absolute Gasteiger partial charge is 0.339 e. The summed E-state index contributed by atoms with van der Waals surface area (Å²) in [5.41, 5.74) is 0.940. The molecule has 0 aromatic carbocycles. The maximum Gasteiger partial charge on any atom is 0.339 e. The van der Waals surface area contributed by atoms with Gasteiger partial charge in [-0.25, -0.2) is 14.8 Å². The van der Waals surface area contributed by atoms with Gasteiger partial charge in [-0.1, -0.05) is 0 Å². The maximum atomic E-state index is 11.5. The number of esters is 1. The molecule has 0 saturated carbocycles. The fraction of sp³-hybridized carbons (Fsp3) is 0.154. The van der Waals surface area contributed by atoms with E-state index >= 15 is 0 Å². The molecule has 2 rings (SSSR count). The van der Waals surface area contributed by atoms with Crippen LogP contribution in [-0.4, -0.2) is 27.6 Å². The molecule has 0 radical (unpaired) electrons. The highest BCUT2D eigenvalue weighted by Crippen LogP contribution is 2.15. The van der Waals surface area contributed by atoms with E-state index < -0.39 is 5.97 Å². The molecule has 0 aliphatic rings. The summed E-state index contributed by atoms with van der Waals surface area (Å²) in [6.45, 7) is 1.66. The lowest BCUT2D eigenvalue weighted by atomic mass is 10.2. The summed E-state index contributed by atoms with van der Waals surface area (Å²) in [6.07, 6.45) is 1.34. The summed E-state index contributed by atoms with van der Waals surface area (Å²) in [4.78, 5) is 19.5. The first kappa shape index (κ1) is 13.2. The van der Waals surface area contributed by atoms with Crippen LogP contribution in [0.15, 0.2) is 18.5 Å². The van der Waals surface area contributed by atoms with E-state index in [0.717, 1.165) is 0 Å². The number of imidazole rings is 1. The lowest BCUT2D eigenvalue weighted by Gasteiger charge is -2.07. The molecule has 0 aliphatic heterocycles. The quantitative estimate of drug-likeness (QED) is 0.754. The fourth-order valence-corrected chi connectivity index (χ4v) is 1.72. The second-order valence-electron chi connectivity index (χ2n) is 3.83. The molecule has 0 bridgehead atoms. The van der Waals surface area contributed by atoms with Crippen LogP contribution in [0.4, 0.5) is 0 Å². The van der Waals surface area contributed by atoms with Crippen LogP contribution in [-0.2, 0) is 4.74 Å².